The first-order valence-electron chi connectivity index (χ1n) is 2.79. The van der Waals surface area contributed by atoms with Gasteiger partial charge in [0, 0.05) is 8.04 Å². The molecule has 0 amide bonds. The molecule has 58 valence electrons. The number of aromatic carboxylic acids is 1. The lowest BCUT2D eigenvalue weighted by atomic mass is 10.2. The summed E-state index contributed by atoms with van der Waals surface area (Å²) in [5.74, 6) is -0.887. The molecule has 0 saturated carbocycles. The van der Waals surface area contributed by atoms with E-state index in [0.717, 1.165) is 8.04 Å². The highest BCUT2D eigenvalue weighted by Gasteiger charge is 2.06. The summed E-state index contributed by atoms with van der Waals surface area (Å²) in [4.78, 5) is 10.5. The summed E-state index contributed by atoms with van der Waals surface area (Å²) in [5, 5.41) is 8.64. The highest BCUT2D eigenvalue weighted by Crippen LogP contribution is 2.18. The molecule has 0 aromatic heterocycles. The first kappa shape index (κ1) is 8.99. The van der Waals surface area contributed by atoms with Gasteiger partial charge in [-0.25, -0.2) is 4.79 Å². The maximum atomic E-state index is 10.5. The second-order valence-electron chi connectivity index (χ2n) is 1.93. The Hall–Kier alpha value is -0.100. The van der Waals surface area contributed by atoms with Crippen molar-refractivity contribution >= 4 is 44.5 Å². The van der Waals surface area contributed by atoms with Crippen LogP contribution in [0.2, 0.25) is 0 Å². The molecule has 0 unspecified atom stereocenters. The van der Waals surface area contributed by atoms with Crippen LogP contribution in [0.1, 0.15) is 10.4 Å². The lowest BCUT2D eigenvalue weighted by Gasteiger charge is -1.97. The van der Waals surface area contributed by atoms with Crippen molar-refractivity contribution in [1.29, 1.82) is 0 Å². The van der Waals surface area contributed by atoms with Gasteiger partial charge in [0.1, 0.15) is 0 Å². The van der Waals surface area contributed by atoms with Gasteiger partial charge in [-0.1, -0.05) is 15.9 Å². The first-order chi connectivity index (χ1) is 5.11. The first-order valence-corrected chi connectivity index (χ1v) is 4.67. The molecular formula is C7H4BrIO2. The highest BCUT2D eigenvalue weighted by molar-refractivity contribution is 14.1. The van der Waals surface area contributed by atoms with Crippen LogP contribution in [-0.2, 0) is 0 Å². The van der Waals surface area contributed by atoms with Crippen LogP contribution in [0, 0.1) is 3.57 Å². The van der Waals surface area contributed by atoms with Gasteiger partial charge in [-0.05, 0) is 40.8 Å². The van der Waals surface area contributed by atoms with Crippen LogP contribution in [0.5, 0.6) is 0 Å². The largest absolute Gasteiger partial charge is 0.478 e. The number of carbonyl (C=O) groups is 1. The van der Waals surface area contributed by atoms with Gasteiger partial charge in [0.2, 0.25) is 0 Å². The van der Waals surface area contributed by atoms with Crippen LogP contribution in [-0.4, -0.2) is 11.1 Å². The Balaban J connectivity index is 3.20. The molecule has 0 bridgehead atoms. The van der Waals surface area contributed by atoms with E-state index in [-0.39, 0.29) is 0 Å². The van der Waals surface area contributed by atoms with E-state index >= 15 is 0 Å². The standard InChI is InChI=1S/C7H4BrIO2/c8-4-1-2-5(7(10)11)6(9)3-4/h1-3H,(H,10,11). The molecule has 0 aliphatic rings. The average Bonchev–Trinajstić information content (AvgIpc) is 1.85. The summed E-state index contributed by atoms with van der Waals surface area (Å²) in [6.07, 6.45) is 0. The van der Waals surface area contributed by atoms with E-state index in [2.05, 4.69) is 15.9 Å². The zero-order valence-electron chi connectivity index (χ0n) is 5.34. The molecule has 1 aromatic carbocycles. The third kappa shape index (κ3) is 2.16. The van der Waals surface area contributed by atoms with Gasteiger partial charge < -0.3 is 5.11 Å². The van der Waals surface area contributed by atoms with Crippen molar-refractivity contribution in [1.82, 2.24) is 0 Å². The summed E-state index contributed by atoms with van der Waals surface area (Å²) in [7, 11) is 0. The maximum absolute atomic E-state index is 10.5. The number of carboxylic acids is 1. The molecule has 0 aliphatic carbocycles. The second kappa shape index (κ2) is 3.53. The Morgan fingerprint density at radius 1 is 1.55 bits per heavy atom. The van der Waals surface area contributed by atoms with Gasteiger partial charge in [-0.3, -0.25) is 0 Å². The van der Waals surface area contributed by atoms with Crippen LogP contribution < -0.4 is 0 Å². The van der Waals surface area contributed by atoms with Gasteiger partial charge in [0.15, 0.2) is 0 Å². The minimum atomic E-state index is -0.887. The molecule has 4 heteroatoms. The van der Waals surface area contributed by atoms with Gasteiger partial charge in [0.25, 0.3) is 0 Å². The second-order valence-corrected chi connectivity index (χ2v) is 4.01. The maximum Gasteiger partial charge on any atom is 0.336 e. The summed E-state index contributed by atoms with van der Waals surface area (Å²) in [6.45, 7) is 0. The molecule has 1 aromatic rings. The van der Waals surface area contributed by atoms with Gasteiger partial charge in [-0.15, -0.1) is 0 Å². The van der Waals surface area contributed by atoms with Crippen LogP contribution in [0.15, 0.2) is 22.7 Å². The quantitative estimate of drug-likeness (QED) is 0.806. The molecule has 1 N–H and O–H groups in total. The van der Waals surface area contributed by atoms with E-state index in [1.807, 2.05) is 22.6 Å². The zero-order chi connectivity index (χ0) is 8.43. The van der Waals surface area contributed by atoms with E-state index in [1.54, 1.807) is 18.2 Å². The van der Waals surface area contributed by atoms with E-state index in [1.165, 1.54) is 0 Å². The monoisotopic (exact) mass is 326 g/mol. The predicted octanol–water partition coefficient (Wildman–Crippen LogP) is 2.75. The fraction of sp³-hybridized carbons (Fsp3) is 0. The van der Waals surface area contributed by atoms with Gasteiger partial charge in [-0.2, -0.15) is 0 Å². The number of hydrogen-bond acceptors (Lipinski definition) is 1. The number of benzene rings is 1. The highest BCUT2D eigenvalue weighted by atomic mass is 127. The van der Waals surface area contributed by atoms with Crippen LogP contribution >= 0.6 is 38.5 Å². The molecule has 2 nitrogen and oxygen atoms in total. The normalized spacial score (nSPS) is 9.64. The number of hydrogen-bond donors (Lipinski definition) is 1. The predicted molar refractivity (Wildman–Crippen MR) is 53.8 cm³/mol. The molecule has 0 spiro atoms. The number of carboxylic acid groups (broad SMARTS) is 1. The number of rotatable bonds is 1. The molecule has 0 atom stereocenters. The Morgan fingerprint density at radius 3 is 2.64 bits per heavy atom. The molecule has 0 heterocycles. The minimum Gasteiger partial charge on any atom is -0.478 e. The van der Waals surface area contributed by atoms with E-state index < -0.39 is 5.97 Å². The van der Waals surface area contributed by atoms with Crippen LogP contribution in [0.3, 0.4) is 0 Å². The summed E-state index contributed by atoms with van der Waals surface area (Å²) in [5.41, 5.74) is 0.341. The van der Waals surface area contributed by atoms with E-state index in [9.17, 15) is 4.79 Å². The van der Waals surface area contributed by atoms with Gasteiger partial charge >= 0.3 is 5.97 Å². The Bertz CT molecular complexity index is 298. The third-order valence-corrected chi connectivity index (χ3v) is 2.55. The van der Waals surface area contributed by atoms with Crippen molar-refractivity contribution in [3.05, 3.63) is 31.8 Å². The Kier molecular flexibility index (Phi) is 2.89. The van der Waals surface area contributed by atoms with Crippen molar-refractivity contribution in [2.75, 3.05) is 0 Å². The molecular weight excluding hydrogens is 323 g/mol. The van der Waals surface area contributed by atoms with Crippen LogP contribution in [0.25, 0.3) is 0 Å². The third-order valence-electron chi connectivity index (χ3n) is 1.16. The van der Waals surface area contributed by atoms with Crippen molar-refractivity contribution < 1.29 is 9.90 Å². The van der Waals surface area contributed by atoms with Crippen molar-refractivity contribution in [2.45, 2.75) is 0 Å². The molecule has 1 rings (SSSR count). The van der Waals surface area contributed by atoms with Crippen LogP contribution in [0.4, 0.5) is 0 Å². The smallest absolute Gasteiger partial charge is 0.336 e. The molecule has 11 heavy (non-hydrogen) atoms. The summed E-state index contributed by atoms with van der Waals surface area (Å²) >= 11 is 5.24. The number of halogens is 2. The Labute approximate surface area is 85.9 Å². The van der Waals surface area contributed by atoms with E-state index in [4.69, 9.17) is 5.11 Å². The lowest BCUT2D eigenvalue weighted by Crippen LogP contribution is -1.98. The van der Waals surface area contributed by atoms with Gasteiger partial charge in [0.05, 0.1) is 5.56 Å². The Morgan fingerprint density at radius 2 is 2.18 bits per heavy atom. The van der Waals surface area contributed by atoms with Crippen molar-refractivity contribution in [3.8, 4) is 0 Å². The fourth-order valence-electron chi connectivity index (χ4n) is 0.663. The molecule has 0 aliphatic heterocycles. The molecule has 0 radical (unpaired) electrons. The average molecular weight is 327 g/mol. The SMILES string of the molecule is O=C(O)c1ccc(Br)cc1I. The zero-order valence-corrected chi connectivity index (χ0v) is 9.09. The minimum absolute atomic E-state index is 0.341. The van der Waals surface area contributed by atoms with Crippen molar-refractivity contribution in [3.63, 3.8) is 0 Å². The topological polar surface area (TPSA) is 37.3 Å². The lowest BCUT2D eigenvalue weighted by molar-refractivity contribution is 0.0695. The molecule has 0 fully saturated rings. The summed E-state index contributed by atoms with van der Waals surface area (Å²) in [6, 6.07) is 5.06. The summed E-state index contributed by atoms with van der Waals surface area (Å²) < 4.78 is 1.64. The molecule has 0 saturated heterocycles. The van der Waals surface area contributed by atoms with E-state index in [0.29, 0.717) is 5.56 Å². The van der Waals surface area contributed by atoms with Crippen molar-refractivity contribution in [2.24, 2.45) is 0 Å². The fourth-order valence-corrected chi connectivity index (χ4v) is 2.20.